The van der Waals surface area contributed by atoms with Crippen molar-refractivity contribution in [2.75, 3.05) is 27.4 Å². The molecule has 32 heavy (non-hydrogen) atoms. The Morgan fingerprint density at radius 2 is 1.69 bits per heavy atom. The average molecular weight is 518 g/mol. The summed E-state index contributed by atoms with van der Waals surface area (Å²) in [5, 5.41) is 39.4. The van der Waals surface area contributed by atoms with Crippen molar-refractivity contribution in [3.63, 3.8) is 0 Å². The van der Waals surface area contributed by atoms with Gasteiger partial charge in [0, 0.05) is 6.08 Å². The Labute approximate surface area is 198 Å². The second-order valence-electron chi connectivity index (χ2n) is 6.63. The summed E-state index contributed by atoms with van der Waals surface area (Å²) in [5.41, 5.74) is 0.450. The predicted molar refractivity (Wildman–Crippen MR) is 114 cm³/mol. The summed E-state index contributed by atoms with van der Waals surface area (Å²) in [7, 11) is 2.69. The van der Waals surface area contributed by atoms with Crippen molar-refractivity contribution in [2.24, 2.45) is 0 Å². The van der Waals surface area contributed by atoms with Gasteiger partial charge in [-0.3, -0.25) is 0 Å². The molecule has 180 valence electrons. The monoisotopic (exact) mass is 516 g/mol. The van der Waals surface area contributed by atoms with E-state index in [4.69, 9.17) is 58.5 Å². The molecule has 0 amide bonds. The van der Waals surface area contributed by atoms with Crippen molar-refractivity contribution >= 4 is 46.8 Å². The Kier molecular flexibility index (Phi) is 9.68. The zero-order valence-electron chi connectivity index (χ0n) is 17.0. The van der Waals surface area contributed by atoms with E-state index in [0.29, 0.717) is 5.56 Å². The van der Waals surface area contributed by atoms with Crippen LogP contribution in [-0.4, -0.2) is 88.3 Å². The molecule has 0 unspecified atom stereocenters. The fourth-order valence-electron chi connectivity index (χ4n) is 2.76. The van der Waals surface area contributed by atoms with Crippen LogP contribution in [0.4, 0.5) is 0 Å². The average Bonchev–Trinajstić information content (AvgIpc) is 2.76. The molecule has 1 heterocycles. The summed E-state index contributed by atoms with van der Waals surface area (Å²) >= 11 is 16.6. The van der Waals surface area contributed by atoms with E-state index in [1.54, 1.807) is 0 Å². The number of aliphatic hydroxyl groups is 4. The third-order valence-corrected chi connectivity index (χ3v) is 4.68. The van der Waals surface area contributed by atoms with Gasteiger partial charge >= 0.3 is 5.97 Å². The maximum Gasteiger partial charge on any atom is 0.330 e. The second-order valence-corrected chi connectivity index (χ2v) is 9.14. The largest absolute Gasteiger partial charge is 0.493 e. The van der Waals surface area contributed by atoms with Gasteiger partial charge < -0.3 is 44.1 Å². The van der Waals surface area contributed by atoms with Crippen LogP contribution in [0, 0.1) is 0 Å². The maximum absolute atomic E-state index is 11.8. The molecule has 1 aliphatic rings. The predicted octanol–water partition coefficient (Wildman–Crippen LogP) is 0.809. The minimum absolute atomic E-state index is 0.00950. The summed E-state index contributed by atoms with van der Waals surface area (Å²) < 4.78 is 24.7. The van der Waals surface area contributed by atoms with Crippen molar-refractivity contribution < 1.29 is 48.9 Å². The van der Waals surface area contributed by atoms with E-state index in [-0.39, 0.29) is 17.2 Å². The van der Waals surface area contributed by atoms with E-state index in [0.717, 1.165) is 6.08 Å². The summed E-state index contributed by atoms with van der Waals surface area (Å²) in [6.07, 6.45) is -4.90. The number of benzene rings is 1. The number of rotatable bonds is 8. The van der Waals surface area contributed by atoms with Gasteiger partial charge in [-0.2, -0.15) is 0 Å². The molecule has 0 aromatic heterocycles. The molecule has 2 rings (SSSR count). The number of hydrogen-bond acceptors (Lipinski definition) is 10. The highest BCUT2D eigenvalue weighted by molar-refractivity contribution is 6.67. The van der Waals surface area contributed by atoms with Crippen molar-refractivity contribution in [3.05, 3.63) is 23.8 Å². The third kappa shape index (κ3) is 7.00. The van der Waals surface area contributed by atoms with Gasteiger partial charge in [0.1, 0.15) is 31.0 Å². The first kappa shape index (κ1) is 26.7. The highest BCUT2D eigenvalue weighted by Crippen LogP contribution is 2.41. The number of alkyl halides is 3. The number of halogens is 3. The fraction of sp³-hybridized carbons (Fsp3) is 0.526. The zero-order valence-corrected chi connectivity index (χ0v) is 19.3. The molecular weight excluding hydrogens is 495 g/mol. The van der Waals surface area contributed by atoms with Crippen LogP contribution < -0.4 is 14.2 Å². The summed E-state index contributed by atoms with van der Waals surface area (Å²) in [5.74, 6) is -0.475. The van der Waals surface area contributed by atoms with E-state index < -0.39 is 53.7 Å². The number of hydrogen-bond donors (Lipinski definition) is 4. The molecule has 1 aromatic carbocycles. The lowest BCUT2D eigenvalue weighted by molar-refractivity contribution is -0.277. The smallest absolute Gasteiger partial charge is 0.330 e. The molecule has 0 saturated carbocycles. The van der Waals surface area contributed by atoms with Crippen LogP contribution in [0.3, 0.4) is 0 Å². The van der Waals surface area contributed by atoms with Crippen LogP contribution in [0.5, 0.6) is 17.2 Å². The molecule has 13 heteroatoms. The Bertz CT molecular complexity index is 786. The van der Waals surface area contributed by atoms with Gasteiger partial charge in [-0.25, -0.2) is 4.79 Å². The van der Waals surface area contributed by atoms with Gasteiger partial charge in [0.05, 0.1) is 20.8 Å². The minimum atomic E-state index is -1.74. The lowest BCUT2D eigenvalue weighted by Gasteiger charge is -2.39. The van der Waals surface area contributed by atoms with Crippen LogP contribution in [0.25, 0.3) is 6.08 Å². The van der Waals surface area contributed by atoms with Crippen LogP contribution in [0.2, 0.25) is 0 Å². The van der Waals surface area contributed by atoms with Gasteiger partial charge in [0.2, 0.25) is 15.8 Å². The van der Waals surface area contributed by atoms with Gasteiger partial charge in [-0.05, 0) is 23.8 Å². The van der Waals surface area contributed by atoms with Crippen LogP contribution in [0.15, 0.2) is 18.2 Å². The molecule has 0 bridgehead atoms. The number of aliphatic hydroxyl groups excluding tert-OH is 4. The standard InChI is InChI=1S/C19H23Cl3O10/c1-28-10-5-9(3-4-13(24)30-8-19(20,21)22)6-11(29-2)17(10)32-18-16(27)15(26)14(25)12(7-23)31-18/h3-6,12,14-16,18,23,25-27H,7-8H2,1-2H3/t12-,14-,15+,16+,18-/m1/s1. The van der Waals surface area contributed by atoms with Crippen LogP contribution >= 0.6 is 34.8 Å². The highest BCUT2D eigenvalue weighted by Gasteiger charge is 2.45. The Hall–Kier alpha value is -1.50. The minimum Gasteiger partial charge on any atom is -0.493 e. The quantitative estimate of drug-likeness (QED) is 0.222. The molecule has 1 saturated heterocycles. The molecule has 1 aliphatic heterocycles. The fourth-order valence-corrected chi connectivity index (χ4v) is 2.92. The summed E-state index contributed by atoms with van der Waals surface area (Å²) in [6.45, 7) is -1.05. The van der Waals surface area contributed by atoms with Gasteiger partial charge in [0.15, 0.2) is 11.5 Å². The first-order chi connectivity index (χ1) is 15.0. The highest BCUT2D eigenvalue weighted by atomic mass is 35.6. The zero-order chi connectivity index (χ0) is 24.1. The Morgan fingerprint density at radius 3 is 2.19 bits per heavy atom. The molecule has 1 fully saturated rings. The van der Waals surface area contributed by atoms with Crippen molar-refractivity contribution in [3.8, 4) is 17.2 Å². The molecule has 1 aromatic rings. The SMILES string of the molecule is COc1cc(C=CC(=O)OCC(Cl)(Cl)Cl)cc(OC)c1O[C@H]1O[C@H](CO)[C@@H](O)[C@H](O)[C@@H]1O. The van der Waals surface area contributed by atoms with E-state index in [9.17, 15) is 25.2 Å². The number of carbonyl (C=O) groups excluding carboxylic acids is 1. The lowest BCUT2D eigenvalue weighted by Crippen LogP contribution is -2.60. The van der Waals surface area contributed by atoms with Crippen molar-refractivity contribution in [2.45, 2.75) is 34.5 Å². The molecule has 4 N–H and O–H groups in total. The molecule has 0 radical (unpaired) electrons. The number of methoxy groups -OCH3 is 2. The number of carbonyl (C=O) groups is 1. The van der Waals surface area contributed by atoms with Crippen LogP contribution in [-0.2, 0) is 14.3 Å². The molecular formula is C19H23Cl3O10. The second kappa shape index (κ2) is 11.6. The van der Waals surface area contributed by atoms with Gasteiger partial charge in [-0.1, -0.05) is 34.8 Å². The van der Waals surface area contributed by atoms with Crippen LogP contribution in [0.1, 0.15) is 5.56 Å². The summed E-state index contributed by atoms with van der Waals surface area (Å²) in [4.78, 5) is 11.8. The number of esters is 1. The Balaban J connectivity index is 2.24. The molecule has 5 atom stereocenters. The number of ether oxygens (including phenoxy) is 5. The topological polar surface area (TPSA) is 144 Å². The first-order valence-corrected chi connectivity index (χ1v) is 10.3. The third-order valence-electron chi connectivity index (χ3n) is 4.36. The van der Waals surface area contributed by atoms with Gasteiger partial charge in [-0.15, -0.1) is 0 Å². The molecule has 0 aliphatic carbocycles. The normalized spacial score (nSPS) is 26.1. The van der Waals surface area contributed by atoms with Gasteiger partial charge in [0.25, 0.3) is 0 Å². The van der Waals surface area contributed by atoms with E-state index >= 15 is 0 Å². The van der Waals surface area contributed by atoms with Crippen molar-refractivity contribution in [1.29, 1.82) is 0 Å². The molecule has 0 spiro atoms. The van der Waals surface area contributed by atoms with Crippen molar-refractivity contribution in [1.82, 2.24) is 0 Å². The first-order valence-electron chi connectivity index (χ1n) is 9.15. The van der Waals surface area contributed by atoms with E-state index in [1.165, 1.54) is 32.4 Å². The Morgan fingerprint density at radius 1 is 1.09 bits per heavy atom. The molecule has 10 nitrogen and oxygen atoms in total. The lowest BCUT2D eigenvalue weighted by atomic mass is 9.99. The maximum atomic E-state index is 11.8. The summed E-state index contributed by atoms with van der Waals surface area (Å²) in [6, 6.07) is 2.97. The van der Waals surface area contributed by atoms with E-state index in [1.807, 2.05) is 0 Å². The van der Waals surface area contributed by atoms with E-state index in [2.05, 4.69) is 0 Å².